The molecular weight excluding hydrogens is 318 g/mol. The number of halogens is 1. The Morgan fingerprint density at radius 3 is 2.72 bits per heavy atom. The summed E-state index contributed by atoms with van der Waals surface area (Å²) in [7, 11) is -3.28. The van der Waals surface area contributed by atoms with Crippen molar-refractivity contribution in [1.29, 1.82) is 0 Å². The summed E-state index contributed by atoms with van der Waals surface area (Å²) in [6.45, 7) is -0.108. The topological polar surface area (TPSA) is 59.3 Å². The average Bonchev–Trinajstić information content (AvgIpc) is 3.09. The smallest absolute Gasteiger partial charge is 0.241 e. The van der Waals surface area contributed by atoms with Crippen LogP contribution in [0, 0.1) is 0 Å². The predicted molar refractivity (Wildman–Crippen MR) is 72.9 cm³/mol. The Morgan fingerprint density at radius 1 is 1.39 bits per heavy atom. The molecule has 2 aromatic rings. The van der Waals surface area contributed by atoms with E-state index in [-0.39, 0.29) is 11.9 Å². The first-order valence-electron chi connectivity index (χ1n) is 5.69. The van der Waals surface area contributed by atoms with E-state index in [9.17, 15) is 13.5 Å². The van der Waals surface area contributed by atoms with Crippen molar-refractivity contribution >= 4 is 36.9 Å². The van der Waals surface area contributed by atoms with Crippen LogP contribution in [0.15, 0.2) is 28.9 Å². The highest BCUT2D eigenvalue weighted by Gasteiger charge is 2.37. The van der Waals surface area contributed by atoms with Gasteiger partial charge >= 0.3 is 0 Å². The fourth-order valence-corrected chi connectivity index (χ4v) is 4.41. The first kappa shape index (κ1) is 12.2. The van der Waals surface area contributed by atoms with Gasteiger partial charge in [-0.1, -0.05) is 15.9 Å². The predicted octanol–water partition coefficient (Wildman–Crippen LogP) is 2.24. The van der Waals surface area contributed by atoms with Gasteiger partial charge in [0.05, 0.1) is 17.4 Å². The lowest BCUT2D eigenvalue weighted by Crippen LogP contribution is -2.16. The molecule has 1 fully saturated rings. The van der Waals surface area contributed by atoms with E-state index < -0.39 is 10.0 Å². The molecule has 6 heteroatoms. The van der Waals surface area contributed by atoms with Gasteiger partial charge in [-0.3, -0.25) is 0 Å². The third kappa shape index (κ3) is 1.79. The number of nitrogens with zero attached hydrogens (tertiary/aromatic N) is 1. The van der Waals surface area contributed by atoms with Crippen LogP contribution in [0.4, 0.5) is 0 Å². The van der Waals surface area contributed by atoms with Crippen LogP contribution in [0.1, 0.15) is 18.4 Å². The lowest BCUT2D eigenvalue weighted by molar-refractivity contribution is 0.282. The highest BCUT2D eigenvalue weighted by molar-refractivity contribution is 9.10. The Kier molecular flexibility index (Phi) is 2.76. The highest BCUT2D eigenvalue weighted by Crippen LogP contribution is 2.34. The van der Waals surface area contributed by atoms with E-state index in [1.165, 1.54) is 3.97 Å². The van der Waals surface area contributed by atoms with Gasteiger partial charge in [0.15, 0.2) is 0 Å². The average molecular weight is 330 g/mol. The summed E-state index contributed by atoms with van der Waals surface area (Å²) in [4.78, 5) is 0. The van der Waals surface area contributed by atoms with Gasteiger partial charge < -0.3 is 5.11 Å². The number of aliphatic hydroxyl groups excluding tert-OH is 1. The SMILES string of the molecule is O=S(=O)(C1CC1)n1ccc2c(Br)cc(CO)cc21. The lowest BCUT2D eigenvalue weighted by atomic mass is 10.2. The van der Waals surface area contributed by atoms with Crippen molar-refractivity contribution in [3.8, 4) is 0 Å². The molecule has 4 nitrogen and oxygen atoms in total. The van der Waals surface area contributed by atoms with Crippen molar-refractivity contribution in [2.24, 2.45) is 0 Å². The number of hydrogen-bond donors (Lipinski definition) is 1. The van der Waals surface area contributed by atoms with Gasteiger partial charge in [-0.05, 0) is 36.6 Å². The minimum atomic E-state index is -3.28. The van der Waals surface area contributed by atoms with Crippen LogP contribution in [0.5, 0.6) is 0 Å². The van der Waals surface area contributed by atoms with Crippen LogP contribution in [-0.2, 0) is 16.6 Å². The molecule has 0 radical (unpaired) electrons. The third-order valence-corrected chi connectivity index (χ3v) is 6.02. The zero-order valence-electron chi connectivity index (χ0n) is 9.51. The van der Waals surface area contributed by atoms with Crippen molar-refractivity contribution < 1.29 is 13.5 Å². The van der Waals surface area contributed by atoms with Gasteiger partial charge in [-0.25, -0.2) is 12.4 Å². The number of aliphatic hydroxyl groups is 1. The van der Waals surface area contributed by atoms with Crippen LogP contribution in [0.2, 0.25) is 0 Å². The zero-order valence-corrected chi connectivity index (χ0v) is 11.9. The number of benzene rings is 1. The van der Waals surface area contributed by atoms with Gasteiger partial charge in [-0.2, -0.15) is 0 Å². The van der Waals surface area contributed by atoms with Crippen LogP contribution < -0.4 is 0 Å². The zero-order chi connectivity index (χ0) is 12.9. The maximum absolute atomic E-state index is 12.3. The summed E-state index contributed by atoms with van der Waals surface area (Å²) in [6.07, 6.45) is 3.07. The van der Waals surface area contributed by atoms with E-state index in [2.05, 4.69) is 15.9 Å². The number of fused-ring (bicyclic) bond motifs is 1. The molecule has 0 bridgehead atoms. The first-order chi connectivity index (χ1) is 8.54. The Morgan fingerprint density at radius 2 is 2.11 bits per heavy atom. The molecule has 0 amide bonds. The van der Waals surface area contributed by atoms with E-state index in [1.807, 2.05) is 0 Å². The Balaban J connectivity index is 2.28. The molecule has 0 atom stereocenters. The molecule has 1 aromatic heterocycles. The molecule has 1 aliphatic rings. The van der Waals surface area contributed by atoms with Crippen LogP contribution in [0.25, 0.3) is 10.9 Å². The summed E-state index contributed by atoms with van der Waals surface area (Å²) in [5, 5.41) is 9.79. The van der Waals surface area contributed by atoms with Crippen LogP contribution in [-0.4, -0.2) is 22.7 Å². The number of aromatic nitrogens is 1. The lowest BCUT2D eigenvalue weighted by Gasteiger charge is -2.07. The van der Waals surface area contributed by atoms with E-state index in [4.69, 9.17) is 0 Å². The van der Waals surface area contributed by atoms with E-state index in [0.29, 0.717) is 11.1 Å². The summed E-state index contributed by atoms with van der Waals surface area (Å²) in [6, 6.07) is 5.30. The van der Waals surface area contributed by atoms with Gasteiger partial charge in [0.1, 0.15) is 0 Å². The van der Waals surface area contributed by atoms with E-state index in [1.54, 1.807) is 24.4 Å². The molecular formula is C12H12BrNO3S. The molecule has 3 rings (SSSR count). The van der Waals surface area contributed by atoms with Crippen LogP contribution in [0.3, 0.4) is 0 Å². The Hall–Kier alpha value is -0.850. The molecule has 0 saturated heterocycles. The minimum absolute atomic E-state index is 0.108. The van der Waals surface area contributed by atoms with Crippen molar-refractivity contribution in [1.82, 2.24) is 3.97 Å². The van der Waals surface area contributed by atoms with Crippen LogP contribution >= 0.6 is 15.9 Å². The molecule has 0 spiro atoms. The summed E-state index contributed by atoms with van der Waals surface area (Å²) >= 11 is 3.40. The minimum Gasteiger partial charge on any atom is -0.392 e. The maximum atomic E-state index is 12.3. The Labute approximate surface area is 113 Å². The quantitative estimate of drug-likeness (QED) is 0.939. The Bertz CT molecular complexity index is 716. The molecule has 1 aliphatic carbocycles. The van der Waals surface area contributed by atoms with Gasteiger partial charge in [0.25, 0.3) is 0 Å². The fourth-order valence-electron chi connectivity index (χ4n) is 2.07. The second-order valence-electron chi connectivity index (χ2n) is 4.52. The molecule has 1 heterocycles. The standard InChI is InChI=1S/C12H12BrNO3S/c13-11-5-8(7-15)6-12-10(11)3-4-14(12)18(16,17)9-1-2-9/h3-6,9,15H,1-2,7H2. The second kappa shape index (κ2) is 4.08. The largest absolute Gasteiger partial charge is 0.392 e. The molecule has 1 aromatic carbocycles. The van der Waals surface area contributed by atoms with Gasteiger partial charge in [0.2, 0.25) is 10.0 Å². The first-order valence-corrected chi connectivity index (χ1v) is 7.98. The molecule has 0 unspecified atom stereocenters. The normalized spacial score (nSPS) is 16.3. The number of rotatable bonds is 3. The van der Waals surface area contributed by atoms with E-state index >= 15 is 0 Å². The van der Waals surface area contributed by atoms with Gasteiger partial charge in [0, 0.05) is 16.1 Å². The van der Waals surface area contributed by atoms with Gasteiger partial charge in [-0.15, -0.1) is 0 Å². The monoisotopic (exact) mass is 329 g/mol. The molecule has 1 saturated carbocycles. The van der Waals surface area contributed by atoms with Crippen molar-refractivity contribution in [2.45, 2.75) is 24.7 Å². The molecule has 96 valence electrons. The fraction of sp³-hybridized carbons (Fsp3) is 0.333. The third-order valence-electron chi connectivity index (χ3n) is 3.18. The summed E-state index contributed by atoms with van der Waals surface area (Å²) in [5.41, 5.74) is 1.32. The second-order valence-corrected chi connectivity index (χ2v) is 7.47. The molecule has 1 N–H and O–H groups in total. The van der Waals surface area contributed by atoms with Crippen molar-refractivity contribution in [3.05, 3.63) is 34.4 Å². The van der Waals surface area contributed by atoms with Crippen molar-refractivity contribution in [2.75, 3.05) is 0 Å². The molecule has 18 heavy (non-hydrogen) atoms. The highest BCUT2D eigenvalue weighted by atomic mass is 79.9. The van der Waals surface area contributed by atoms with E-state index in [0.717, 1.165) is 22.7 Å². The maximum Gasteiger partial charge on any atom is 0.241 e. The molecule has 0 aliphatic heterocycles. The van der Waals surface area contributed by atoms with Crippen molar-refractivity contribution in [3.63, 3.8) is 0 Å². The number of hydrogen-bond acceptors (Lipinski definition) is 3. The summed E-state index contributed by atoms with van der Waals surface area (Å²) in [5.74, 6) is 0. The summed E-state index contributed by atoms with van der Waals surface area (Å²) < 4.78 is 26.7.